The monoisotopic (exact) mass is 247 g/mol. The molecule has 0 bridgehead atoms. The van der Waals surface area contributed by atoms with E-state index in [1.54, 1.807) is 0 Å². The Morgan fingerprint density at radius 2 is 1.53 bits per heavy atom. The average Bonchev–Trinajstić information content (AvgIpc) is 2.25. The molecule has 0 aromatic heterocycles. The Kier molecular flexibility index (Phi) is 11.4. The largest absolute Gasteiger partial charge is 0.379 e. The van der Waals surface area contributed by atoms with Gasteiger partial charge in [0.05, 0.1) is 33.0 Å². The van der Waals surface area contributed by atoms with Crippen molar-refractivity contribution in [2.24, 2.45) is 5.92 Å². The Balaban J connectivity index is 2.96. The SMILES string of the molecule is CC(=O)NCCOCCOCCOCC(C)C. The third kappa shape index (κ3) is 15.4. The molecule has 5 heteroatoms. The van der Waals surface area contributed by atoms with Crippen molar-refractivity contribution in [3.05, 3.63) is 0 Å². The Morgan fingerprint density at radius 1 is 1.00 bits per heavy atom. The third-order valence-corrected chi connectivity index (χ3v) is 1.82. The molecule has 0 aliphatic rings. The van der Waals surface area contributed by atoms with E-state index in [1.807, 2.05) is 0 Å². The smallest absolute Gasteiger partial charge is 0.216 e. The molecule has 1 N–H and O–H groups in total. The van der Waals surface area contributed by atoms with E-state index in [0.717, 1.165) is 6.61 Å². The summed E-state index contributed by atoms with van der Waals surface area (Å²) in [5, 5.41) is 2.65. The maximum atomic E-state index is 10.5. The molecule has 0 aliphatic heterocycles. The van der Waals surface area contributed by atoms with Crippen LogP contribution in [0, 0.1) is 5.92 Å². The van der Waals surface area contributed by atoms with Crippen LogP contribution in [0.25, 0.3) is 0 Å². The molecule has 0 radical (unpaired) electrons. The quantitative estimate of drug-likeness (QED) is 0.549. The molecule has 17 heavy (non-hydrogen) atoms. The molecule has 0 aromatic rings. The van der Waals surface area contributed by atoms with Crippen LogP contribution in [-0.2, 0) is 19.0 Å². The lowest BCUT2D eigenvalue weighted by Gasteiger charge is -2.08. The van der Waals surface area contributed by atoms with E-state index in [-0.39, 0.29) is 5.91 Å². The van der Waals surface area contributed by atoms with Crippen molar-refractivity contribution in [2.45, 2.75) is 20.8 Å². The predicted octanol–water partition coefficient (Wildman–Crippen LogP) is 0.828. The highest BCUT2D eigenvalue weighted by atomic mass is 16.5. The normalized spacial score (nSPS) is 10.8. The van der Waals surface area contributed by atoms with E-state index in [1.165, 1.54) is 6.92 Å². The van der Waals surface area contributed by atoms with Gasteiger partial charge in [-0.25, -0.2) is 0 Å². The summed E-state index contributed by atoms with van der Waals surface area (Å²) in [4.78, 5) is 10.5. The first-order valence-corrected chi connectivity index (χ1v) is 6.10. The zero-order valence-corrected chi connectivity index (χ0v) is 11.2. The number of hydrogen-bond acceptors (Lipinski definition) is 4. The topological polar surface area (TPSA) is 56.8 Å². The van der Waals surface area contributed by atoms with Crippen molar-refractivity contribution in [1.29, 1.82) is 0 Å². The number of carbonyl (C=O) groups is 1. The second-order valence-corrected chi connectivity index (χ2v) is 4.18. The van der Waals surface area contributed by atoms with Crippen molar-refractivity contribution >= 4 is 5.91 Å². The summed E-state index contributed by atoms with van der Waals surface area (Å²) in [5.74, 6) is 0.527. The molecular formula is C12H25NO4. The molecule has 0 fully saturated rings. The zero-order valence-electron chi connectivity index (χ0n) is 11.2. The summed E-state index contributed by atoms with van der Waals surface area (Å²) < 4.78 is 15.9. The highest BCUT2D eigenvalue weighted by Gasteiger charge is 1.94. The second-order valence-electron chi connectivity index (χ2n) is 4.18. The number of rotatable bonds is 11. The lowest BCUT2D eigenvalue weighted by atomic mass is 10.2. The van der Waals surface area contributed by atoms with Crippen LogP contribution < -0.4 is 5.32 Å². The van der Waals surface area contributed by atoms with Gasteiger partial charge in [-0.2, -0.15) is 0 Å². The van der Waals surface area contributed by atoms with Gasteiger partial charge in [-0.1, -0.05) is 13.8 Å². The molecule has 0 rings (SSSR count). The Bertz CT molecular complexity index is 185. The predicted molar refractivity (Wildman–Crippen MR) is 66.0 cm³/mol. The lowest BCUT2D eigenvalue weighted by Crippen LogP contribution is -2.25. The summed E-state index contributed by atoms with van der Waals surface area (Å²) in [5.41, 5.74) is 0. The van der Waals surface area contributed by atoms with Gasteiger partial charge in [-0.15, -0.1) is 0 Å². The van der Waals surface area contributed by atoms with Gasteiger partial charge < -0.3 is 19.5 Å². The fraction of sp³-hybridized carbons (Fsp3) is 0.917. The molecular weight excluding hydrogens is 222 g/mol. The van der Waals surface area contributed by atoms with Gasteiger partial charge in [-0.05, 0) is 5.92 Å². The molecule has 0 atom stereocenters. The van der Waals surface area contributed by atoms with Crippen molar-refractivity contribution in [1.82, 2.24) is 5.32 Å². The maximum Gasteiger partial charge on any atom is 0.216 e. The fourth-order valence-electron chi connectivity index (χ4n) is 1.06. The third-order valence-electron chi connectivity index (χ3n) is 1.82. The standard InChI is InChI=1S/C12H25NO4/c1-11(2)10-17-9-8-16-7-6-15-5-4-13-12(3)14/h11H,4-10H2,1-3H3,(H,13,14). The minimum Gasteiger partial charge on any atom is -0.379 e. The Labute approximate surface area is 104 Å². The van der Waals surface area contributed by atoms with Crippen LogP contribution >= 0.6 is 0 Å². The van der Waals surface area contributed by atoms with Gasteiger partial charge in [-0.3, -0.25) is 4.79 Å². The molecule has 0 aromatic carbocycles. The summed E-state index contributed by atoms with van der Waals surface area (Å²) in [6.45, 7) is 9.89. The van der Waals surface area contributed by atoms with Crippen LogP contribution in [0.2, 0.25) is 0 Å². The number of nitrogens with one attached hydrogen (secondary N) is 1. The van der Waals surface area contributed by atoms with Gasteiger partial charge in [0.15, 0.2) is 0 Å². The van der Waals surface area contributed by atoms with Crippen LogP contribution in [0.3, 0.4) is 0 Å². The number of carbonyl (C=O) groups excluding carboxylic acids is 1. The molecule has 0 aliphatic carbocycles. The number of ether oxygens (including phenoxy) is 3. The first kappa shape index (κ1) is 16.4. The van der Waals surface area contributed by atoms with Crippen molar-refractivity contribution in [2.75, 3.05) is 46.2 Å². The second kappa shape index (κ2) is 11.8. The first-order valence-electron chi connectivity index (χ1n) is 6.10. The molecule has 102 valence electrons. The molecule has 0 unspecified atom stereocenters. The average molecular weight is 247 g/mol. The van der Waals surface area contributed by atoms with Crippen LogP contribution in [-0.4, -0.2) is 52.1 Å². The maximum absolute atomic E-state index is 10.5. The highest BCUT2D eigenvalue weighted by Crippen LogP contribution is 1.91. The summed E-state index contributed by atoms with van der Waals surface area (Å²) in [7, 11) is 0. The van der Waals surface area contributed by atoms with Crippen molar-refractivity contribution in [3.63, 3.8) is 0 Å². The zero-order chi connectivity index (χ0) is 12.9. The minimum atomic E-state index is -0.0350. The molecule has 0 saturated carbocycles. The van der Waals surface area contributed by atoms with E-state index >= 15 is 0 Å². The van der Waals surface area contributed by atoms with E-state index in [2.05, 4.69) is 19.2 Å². The summed E-state index contributed by atoms with van der Waals surface area (Å²) in [6, 6.07) is 0. The Hall–Kier alpha value is -0.650. The lowest BCUT2D eigenvalue weighted by molar-refractivity contribution is -0.119. The summed E-state index contributed by atoms with van der Waals surface area (Å²) >= 11 is 0. The van der Waals surface area contributed by atoms with Crippen molar-refractivity contribution in [3.8, 4) is 0 Å². The Morgan fingerprint density at radius 3 is 2.06 bits per heavy atom. The van der Waals surface area contributed by atoms with E-state index < -0.39 is 0 Å². The van der Waals surface area contributed by atoms with E-state index in [9.17, 15) is 4.79 Å². The van der Waals surface area contributed by atoms with Gasteiger partial charge >= 0.3 is 0 Å². The fourth-order valence-corrected chi connectivity index (χ4v) is 1.06. The van der Waals surface area contributed by atoms with Gasteiger partial charge in [0, 0.05) is 20.1 Å². The van der Waals surface area contributed by atoms with Gasteiger partial charge in [0.25, 0.3) is 0 Å². The van der Waals surface area contributed by atoms with Gasteiger partial charge in [0.2, 0.25) is 5.91 Å². The molecule has 0 spiro atoms. The van der Waals surface area contributed by atoms with Crippen LogP contribution in [0.15, 0.2) is 0 Å². The van der Waals surface area contributed by atoms with Crippen LogP contribution in [0.4, 0.5) is 0 Å². The van der Waals surface area contributed by atoms with E-state index in [4.69, 9.17) is 14.2 Å². The summed E-state index contributed by atoms with van der Waals surface area (Å²) in [6.07, 6.45) is 0. The van der Waals surface area contributed by atoms with Crippen LogP contribution in [0.1, 0.15) is 20.8 Å². The van der Waals surface area contributed by atoms with Crippen LogP contribution in [0.5, 0.6) is 0 Å². The molecule has 0 saturated heterocycles. The highest BCUT2D eigenvalue weighted by molar-refractivity contribution is 5.72. The molecule has 0 heterocycles. The molecule has 5 nitrogen and oxygen atoms in total. The minimum absolute atomic E-state index is 0.0350. The number of amides is 1. The van der Waals surface area contributed by atoms with Gasteiger partial charge in [0.1, 0.15) is 0 Å². The van der Waals surface area contributed by atoms with E-state index in [0.29, 0.717) is 45.5 Å². The van der Waals surface area contributed by atoms with Crippen molar-refractivity contribution < 1.29 is 19.0 Å². The molecule has 1 amide bonds. The first-order chi connectivity index (χ1) is 8.13. The number of hydrogen-bond donors (Lipinski definition) is 1.